The maximum absolute atomic E-state index is 13.5. The number of ether oxygens (including phenoxy) is 2. The molecule has 0 bridgehead atoms. The van der Waals surface area contributed by atoms with Crippen molar-refractivity contribution in [2.45, 2.75) is 6.42 Å². The highest BCUT2D eigenvalue weighted by Crippen LogP contribution is 2.41. The number of carbonyl (C=O) groups excluding carboxylic acids is 3. The first-order valence-corrected chi connectivity index (χ1v) is 14.4. The van der Waals surface area contributed by atoms with E-state index in [0.717, 1.165) is 60.9 Å². The van der Waals surface area contributed by atoms with Crippen molar-refractivity contribution in [2.24, 2.45) is 5.92 Å². The average Bonchev–Trinajstić information content (AvgIpc) is 3.63. The van der Waals surface area contributed by atoms with E-state index in [1.165, 1.54) is 7.11 Å². The molecule has 4 aliphatic rings. The molecule has 0 aromatic heterocycles. The molecule has 0 radical (unpaired) electrons. The van der Waals surface area contributed by atoms with E-state index in [4.69, 9.17) is 9.47 Å². The molecule has 2 saturated heterocycles. The summed E-state index contributed by atoms with van der Waals surface area (Å²) >= 11 is 0. The molecule has 2 aromatic carbocycles. The number of hydrogen-bond donors (Lipinski definition) is 2. The topological polar surface area (TPSA) is 103 Å². The third-order valence-electron chi connectivity index (χ3n) is 8.46. The van der Waals surface area contributed by atoms with Crippen LogP contribution >= 0.6 is 0 Å². The lowest BCUT2D eigenvalue weighted by atomic mass is 9.85. The number of piperazine rings is 1. The fraction of sp³-hybridized carbons (Fsp3) is 0.333. The van der Waals surface area contributed by atoms with Crippen LogP contribution in [-0.4, -0.2) is 88.1 Å². The van der Waals surface area contributed by atoms with Gasteiger partial charge < -0.3 is 29.9 Å². The predicted octanol–water partition coefficient (Wildman–Crippen LogP) is 2.59. The Bertz CT molecular complexity index is 1590. The molecule has 43 heavy (non-hydrogen) atoms. The molecular formula is C33H35N5O5. The van der Waals surface area contributed by atoms with Crippen LogP contribution in [0.1, 0.15) is 11.1 Å². The number of anilines is 2. The SMILES string of the molecule is COC1=CC(=C=O)C2C(=C1)NC(=O)C2=C(Nc1ccc(N(C)C(=O)CN2CCN(C)CC2)cc1)c1ccc2c(c1)CCO2. The summed E-state index contributed by atoms with van der Waals surface area (Å²) in [5, 5.41) is 6.39. The van der Waals surface area contributed by atoms with Gasteiger partial charge in [-0.1, -0.05) is 0 Å². The van der Waals surface area contributed by atoms with E-state index < -0.39 is 5.92 Å². The number of fused-ring (bicyclic) bond motifs is 2. The normalized spacial score (nSPS) is 21.0. The summed E-state index contributed by atoms with van der Waals surface area (Å²) in [6.07, 6.45) is 4.11. The fourth-order valence-corrected chi connectivity index (χ4v) is 5.89. The van der Waals surface area contributed by atoms with Crippen LogP contribution in [0.25, 0.3) is 5.70 Å². The summed E-state index contributed by atoms with van der Waals surface area (Å²) in [5.74, 6) is 2.43. The molecule has 0 saturated carbocycles. The third-order valence-corrected chi connectivity index (χ3v) is 8.46. The number of amides is 2. The number of carbonyl (C=O) groups is 2. The van der Waals surface area contributed by atoms with Crippen molar-refractivity contribution in [2.75, 3.05) is 70.8 Å². The molecule has 2 amide bonds. The van der Waals surface area contributed by atoms with Crippen LogP contribution in [0.4, 0.5) is 11.4 Å². The van der Waals surface area contributed by atoms with Crippen molar-refractivity contribution in [1.29, 1.82) is 0 Å². The molecule has 222 valence electrons. The lowest BCUT2D eigenvalue weighted by Gasteiger charge is -2.32. The van der Waals surface area contributed by atoms with E-state index >= 15 is 0 Å². The van der Waals surface area contributed by atoms with Gasteiger partial charge in [-0.3, -0.25) is 14.5 Å². The molecule has 2 aromatic rings. The zero-order valence-corrected chi connectivity index (χ0v) is 24.6. The lowest BCUT2D eigenvalue weighted by Crippen LogP contribution is -2.48. The zero-order chi connectivity index (χ0) is 30.1. The van der Waals surface area contributed by atoms with Gasteiger partial charge in [0.1, 0.15) is 17.5 Å². The van der Waals surface area contributed by atoms with E-state index in [-0.39, 0.29) is 11.8 Å². The molecule has 1 unspecified atom stereocenters. The molecule has 3 aliphatic heterocycles. The Morgan fingerprint density at radius 1 is 1.14 bits per heavy atom. The first kappa shape index (κ1) is 28.5. The van der Waals surface area contributed by atoms with Gasteiger partial charge in [-0.05, 0) is 66.7 Å². The monoisotopic (exact) mass is 581 g/mol. The molecule has 10 nitrogen and oxygen atoms in total. The van der Waals surface area contributed by atoms with Gasteiger partial charge in [-0.25, -0.2) is 4.79 Å². The predicted molar refractivity (Wildman–Crippen MR) is 164 cm³/mol. The maximum Gasteiger partial charge on any atom is 0.254 e. The molecule has 2 N–H and O–H groups in total. The first-order valence-electron chi connectivity index (χ1n) is 14.4. The van der Waals surface area contributed by atoms with Crippen LogP contribution < -0.4 is 20.3 Å². The number of rotatable bonds is 7. The summed E-state index contributed by atoms with van der Waals surface area (Å²) < 4.78 is 11.1. The van der Waals surface area contributed by atoms with Crippen molar-refractivity contribution in [3.05, 3.63) is 88.3 Å². The number of likely N-dealkylation sites (N-methyl/N-ethyl adjacent to an activating group) is 2. The Balaban J connectivity index is 1.30. The number of benzene rings is 2. The Kier molecular flexibility index (Phi) is 7.90. The van der Waals surface area contributed by atoms with Crippen LogP contribution in [-0.2, 0) is 25.5 Å². The number of nitrogens with zero attached hydrogens (tertiary/aromatic N) is 3. The smallest absolute Gasteiger partial charge is 0.254 e. The van der Waals surface area contributed by atoms with Gasteiger partial charge in [0.15, 0.2) is 0 Å². The first-order chi connectivity index (χ1) is 20.8. The highest BCUT2D eigenvalue weighted by molar-refractivity contribution is 6.09. The molecule has 1 aliphatic carbocycles. The Hall–Kier alpha value is -4.63. The zero-order valence-electron chi connectivity index (χ0n) is 24.6. The van der Waals surface area contributed by atoms with E-state index in [1.807, 2.05) is 48.4 Å². The Morgan fingerprint density at radius 2 is 1.91 bits per heavy atom. The van der Waals surface area contributed by atoms with E-state index in [1.54, 1.807) is 24.1 Å². The van der Waals surface area contributed by atoms with E-state index in [9.17, 15) is 14.4 Å². The minimum atomic E-state index is -0.617. The number of methoxy groups -OCH3 is 1. The van der Waals surface area contributed by atoms with Gasteiger partial charge in [0.25, 0.3) is 5.91 Å². The summed E-state index contributed by atoms with van der Waals surface area (Å²) in [6, 6.07) is 13.4. The van der Waals surface area contributed by atoms with Gasteiger partial charge in [0, 0.05) is 62.8 Å². The van der Waals surface area contributed by atoms with Crippen molar-refractivity contribution < 1.29 is 23.9 Å². The summed E-state index contributed by atoms with van der Waals surface area (Å²) in [5.41, 5.74) is 5.22. The molecular weight excluding hydrogens is 546 g/mol. The van der Waals surface area contributed by atoms with Gasteiger partial charge in [0.2, 0.25) is 5.91 Å². The highest BCUT2D eigenvalue weighted by atomic mass is 16.5. The van der Waals surface area contributed by atoms with E-state index in [2.05, 4.69) is 27.5 Å². The molecule has 1 atom stereocenters. The average molecular weight is 582 g/mol. The summed E-state index contributed by atoms with van der Waals surface area (Å²) in [4.78, 5) is 44.7. The van der Waals surface area contributed by atoms with Crippen LogP contribution in [0.15, 0.2) is 77.2 Å². The third kappa shape index (κ3) is 5.72. The van der Waals surface area contributed by atoms with Crippen molar-refractivity contribution >= 4 is 34.8 Å². The number of hydrogen-bond acceptors (Lipinski definition) is 8. The maximum atomic E-state index is 13.5. The molecule has 10 heteroatoms. The van der Waals surface area contributed by atoms with Gasteiger partial charge in [-0.2, -0.15) is 0 Å². The van der Waals surface area contributed by atoms with E-state index in [0.29, 0.717) is 41.5 Å². The van der Waals surface area contributed by atoms with Crippen molar-refractivity contribution in [1.82, 2.24) is 15.1 Å². The van der Waals surface area contributed by atoms with Crippen LogP contribution in [0, 0.1) is 5.92 Å². The van der Waals surface area contributed by atoms with Crippen LogP contribution in [0.2, 0.25) is 0 Å². The summed E-state index contributed by atoms with van der Waals surface area (Å²) in [7, 11) is 5.40. The second-order valence-corrected chi connectivity index (χ2v) is 11.2. The largest absolute Gasteiger partial charge is 0.497 e. The highest BCUT2D eigenvalue weighted by Gasteiger charge is 2.41. The number of allylic oxidation sites excluding steroid dienone is 3. The quantitative estimate of drug-likeness (QED) is 0.380. The molecule has 3 heterocycles. The van der Waals surface area contributed by atoms with Crippen LogP contribution in [0.5, 0.6) is 5.75 Å². The summed E-state index contributed by atoms with van der Waals surface area (Å²) in [6.45, 7) is 4.65. The second kappa shape index (κ2) is 11.9. The molecule has 0 spiro atoms. The van der Waals surface area contributed by atoms with Crippen LogP contribution in [0.3, 0.4) is 0 Å². The Labute approximate surface area is 250 Å². The minimum Gasteiger partial charge on any atom is -0.497 e. The standard InChI is InChI=1S/C33H35N5O5/c1-36-11-13-38(14-12-36)19-29(40)37(2)25-7-5-24(6-8-25)34-32(22-4-9-28-21(16-22)10-15-43-28)31-30-23(20-39)17-26(42-3)18-27(30)35-33(31)41/h4-9,16-18,30,34H,10-15,19H2,1-3H3,(H,35,41). The van der Waals surface area contributed by atoms with Crippen molar-refractivity contribution in [3.8, 4) is 5.75 Å². The van der Waals surface area contributed by atoms with Gasteiger partial charge in [0.05, 0.1) is 43.0 Å². The molecule has 2 fully saturated rings. The molecule has 6 rings (SSSR count). The fourth-order valence-electron chi connectivity index (χ4n) is 5.89. The minimum absolute atomic E-state index is 0.0318. The van der Waals surface area contributed by atoms with Crippen molar-refractivity contribution in [3.63, 3.8) is 0 Å². The second-order valence-electron chi connectivity index (χ2n) is 11.2. The number of nitrogens with one attached hydrogen (secondary N) is 2. The lowest BCUT2D eigenvalue weighted by molar-refractivity contribution is -0.120. The van der Waals surface area contributed by atoms with Gasteiger partial charge in [-0.15, -0.1) is 0 Å². The Morgan fingerprint density at radius 3 is 2.63 bits per heavy atom. The van der Waals surface area contributed by atoms with Gasteiger partial charge >= 0.3 is 0 Å².